The number of hydrogen-bond acceptors (Lipinski definition) is 5. The highest BCUT2D eigenvalue weighted by Gasteiger charge is 2.13. The smallest absolute Gasteiger partial charge is 0.322 e. The summed E-state index contributed by atoms with van der Waals surface area (Å²) < 4.78 is 16.7. The number of allylic oxidation sites excluding steroid dienone is 7. The molecule has 0 saturated heterocycles. The molecule has 7 heteroatoms. The lowest BCUT2D eigenvalue weighted by molar-refractivity contribution is 0.102. The van der Waals surface area contributed by atoms with Crippen LogP contribution in [0.2, 0.25) is 0 Å². The van der Waals surface area contributed by atoms with Gasteiger partial charge >= 0.3 is 8.60 Å². The second kappa shape index (κ2) is 28.7. The molecule has 0 bridgehead atoms. The first-order valence-corrected chi connectivity index (χ1v) is 18.6. The summed E-state index contributed by atoms with van der Waals surface area (Å²) in [5.41, 5.74) is 6.62. The number of nitrogens with one attached hydrogen (secondary N) is 1. The molecule has 1 N–H and O–H groups in total. The van der Waals surface area contributed by atoms with Crippen LogP contribution >= 0.6 is 20.4 Å². The van der Waals surface area contributed by atoms with Gasteiger partial charge in [0.05, 0.1) is 25.4 Å². The van der Waals surface area contributed by atoms with Crippen molar-refractivity contribution in [1.82, 2.24) is 0 Å². The Kier molecular flexibility index (Phi) is 27.2. The predicted octanol–water partition coefficient (Wildman–Crippen LogP) is 12.9. The molecule has 0 heterocycles. The number of anilines is 1. The summed E-state index contributed by atoms with van der Waals surface area (Å²) in [6.07, 6.45) is 15.3. The minimum absolute atomic E-state index is 0.113. The third-order valence-electron chi connectivity index (χ3n) is 6.28. The van der Waals surface area contributed by atoms with Crippen molar-refractivity contribution in [3.05, 3.63) is 107 Å². The Balaban J connectivity index is 0.00000312. The third-order valence-corrected chi connectivity index (χ3v) is 8.55. The quantitative estimate of drug-likeness (QED) is 0.0972. The van der Waals surface area contributed by atoms with Gasteiger partial charge in [-0.2, -0.15) is 0 Å². The van der Waals surface area contributed by atoms with Gasteiger partial charge in [0.2, 0.25) is 0 Å². The molecule has 0 aromatic heterocycles. The van der Waals surface area contributed by atoms with Crippen LogP contribution in [0.4, 0.5) is 5.69 Å². The number of carbonyl (C=O) groups excluding carboxylic acids is 1. The largest absolute Gasteiger partial charge is 0.332 e. The number of hydrogen-bond donors (Lipinski definition) is 1. The summed E-state index contributed by atoms with van der Waals surface area (Å²) in [6, 6.07) is 15.4. The molecular formula is C39H60NO4PS. The van der Waals surface area contributed by atoms with Crippen molar-refractivity contribution in [1.29, 1.82) is 0 Å². The van der Waals surface area contributed by atoms with Gasteiger partial charge < -0.3 is 18.9 Å². The standard InChI is InChI=1S/C33H46NO4PS.C4H8.C2H6/c1-7-36-39(37-8-2)38-25-29-19-21-30(22-20-29)34-33(35)31-17-9-10-18-32(31)40-24-23-28(6)16-12-15-27(5)14-11-13-26(3)4;1-3-4-2;1-2/h9-10,13,15,17-23H,7-8,11-12,14,16,24-25H2,1-6H3,(H,34,35);3-4H,1-2H3;1-2H3/b27-15+,28-23+;4-3-;. The topological polar surface area (TPSA) is 56.8 Å². The third kappa shape index (κ3) is 21.3. The fourth-order valence-corrected chi connectivity index (χ4v) is 5.66. The first-order chi connectivity index (χ1) is 22.2. The molecule has 1 amide bonds. The van der Waals surface area contributed by atoms with E-state index in [4.69, 9.17) is 13.6 Å². The number of carbonyl (C=O) groups is 1. The monoisotopic (exact) mass is 669 g/mol. The Labute approximate surface area is 287 Å². The van der Waals surface area contributed by atoms with Crippen LogP contribution in [0.1, 0.15) is 111 Å². The van der Waals surface area contributed by atoms with Gasteiger partial charge in [0.25, 0.3) is 5.91 Å². The van der Waals surface area contributed by atoms with Crippen molar-refractivity contribution in [2.45, 2.75) is 106 Å². The lowest BCUT2D eigenvalue weighted by Crippen LogP contribution is -2.13. The Bertz CT molecular complexity index is 1190. The molecule has 0 spiro atoms. The van der Waals surface area contributed by atoms with E-state index >= 15 is 0 Å². The molecule has 0 unspecified atom stereocenters. The molecule has 46 heavy (non-hydrogen) atoms. The average Bonchev–Trinajstić information content (AvgIpc) is 3.05. The van der Waals surface area contributed by atoms with E-state index in [1.54, 1.807) is 11.8 Å². The van der Waals surface area contributed by atoms with Gasteiger partial charge in [-0.3, -0.25) is 4.79 Å². The van der Waals surface area contributed by atoms with E-state index in [1.165, 1.54) is 16.7 Å². The van der Waals surface area contributed by atoms with Crippen molar-refractivity contribution in [3.8, 4) is 0 Å². The molecule has 0 aliphatic carbocycles. The average molecular weight is 670 g/mol. The fraction of sp³-hybridized carbons (Fsp3) is 0.462. The maximum atomic E-state index is 13.1. The van der Waals surface area contributed by atoms with Crippen molar-refractivity contribution >= 4 is 32.0 Å². The number of amides is 1. The number of benzene rings is 2. The van der Waals surface area contributed by atoms with Gasteiger partial charge in [-0.05, 0) is 111 Å². The van der Waals surface area contributed by atoms with Gasteiger partial charge in [-0.15, -0.1) is 11.8 Å². The maximum Gasteiger partial charge on any atom is 0.332 e. The zero-order valence-corrected chi connectivity index (χ0v) is 31.9. The highest BCUT2D eigenvalue weighted by Crippen LogP contribution is 2.40. The SMILES string of the molecule is C/C=C\C.CC.CCOP(OCC)OCc1ccc(NC(=O)c2ccccc2SC/C=C(\C)CC/C=C(\C)CCC=C(C)C)cc1. The molecule has 256 valence electrons. The highest BCUT2D eigenvalue weighted by atomic mass is 32.2. The van der Waals surface area contributed by atoms with Crippen LogP contribution in [0.15, 0.2) is 101 Å². The molecule has 0 aliphatic heterocycles. The molecule has 0 atom stereocenters. The van der Waals surface area contributed by atoms with Crippen molar-refractivity contribution in [2.75, 3.05) is 24.3 Å². The minimum Gasteiger partial charge on any atom is -0.322 e. The molecule has 0 saturated carbocycles. The molecule has 0 aliphatic rings. The van der Waals surface area contributed by atoms with Gasteiger partial charge in [-0.25, -0.2) is 0 Å². The molecule has 5 nitrogen and oxygen atoms in total. The van der Waals surface area contributed by atoms with Crippen LogP contribution in [0, 0.1) is 0 Å². The first-order valence-electron chi connectivity index (χ1n) is 16.6. The van der Waals surface area contributed by atoms with E-state index in [9.17, 15) is 4.79 Å². The Morgan fingerprint density at radius 3 is 1.91 bits per heavy atom. The second-order valence-electron chi connectivity index (χ2n) is 10.4. The van der Waals surface area contributed by atoms with Gasteiger partial charge in [-0.1, -0.05) is 85.2 Å². The van der Waals surface area contributed by atoms with Gasteiger partial charge in [0, 0.05) is 16.3 Å². The molecule has 2 rings (SSSR count). The Hall–Kier alpha value is -2.47. The molecule has 0 fully saturated rings. The van der Waals surface area contributed by atoms with Crippen LogP contribution in [0.3, 0.4) is 0 Å². The lowest BCUT2D eigenvalue weighted by Gasteiger charge is -2.15. The van der Waals surface area contributed by atoms with E-state index in [2.05, 4.69) is 51.2 Å². The molecule has 2 aromatic rings. The number of thioether (sulfide) groups is 1. The Morgan fingerprint density at radius 2 is 1.35 bits per heavy atom. The van der Waals surface area contributed by atoms with Gasteiger partial charge in [0.1, 0.15) is 0 Å². The Morgan fingerprint density at radius 1 is 0.783 bits per heavy atom. The summed E-state index contributed by atoms with van der Waals surface area (Å²) >= 11 is 1.69. The van der Waals surface area contributed by atoms with Crippen molar-refractivity contribution in [3.63, 3.8) is 0 Å². The zero-order valence-electron chi connectivity index (χ0n) is 30.2. The van der Waals surface area contributed by atoms with E-state index in [0.717, 1.165) is 47.6 Å². The second-order valence-corrected chi connectivity index (χ2v) is 12.7. The summed E-state index contributed by atoms with van der Waals surface area (Å²) in [6.45, 7) is 22.0. The summed E-state index contributed by atoms with van der Waals surface area (Å²) in [7, 11) is -1.34. The van der Waals surface area contributed by atoms with E-state index < -0.39 is 8.60 Å². The highest BCUT2D eigenvalue weighted by molar-refractivity contribution is 7.99. The van der Waals surface area contributed by atoms with Crippen LogP contribution in [0.5, 0.6) is 0 Å². The van der Waals surface area contributed by atoms with Crippen LogP contribution < -0.4 is 5.32 Å². The fourth-order valence-electron chi connectivity index (χ4n) is 3.73. The molecule has 2 aromatic carbocycles. The van der Waals surface area contributed by atoms with E-state index in [-0.39, 0.29) is 5.91 Å². The van der Waals surface area contributed by atoms with Crippen molar-refractivity contribution in [2.24, 2.45) is 0 Å². The molecule has 0 radical (unpaired) electrons. The minimum atomic E-state index is -1.34. The van der Waals surface area contributed by atoms with Gasteiger partial charge in [0.15, 0.2) is 0 Å². The van der Waals surface area contributed by atoms with E-state index in [0.29, 0.717) is 25.4 Å². The predicted molar refractivity (Wildman–Crippen MR) is 204 cm³/mol. The zero-order chi connectivity index (χ0) is 34.6. The van der Waals surface area contributed by atoms with Crippen LogP contribution in [-0.4, -0.2) is 24.9 Å². The normalized spacial score (nSPS) is 11.5. The van der Waals surface area contributed by atoms with Crippen molar-refractivity contribution < 1.29 is 18.4 Å². The number of rotatable bonds is 18. The van der Waals surface area contributed by atoms with Crippen LogP contribution in [0.25, 0.3) is 0 Å². The summed E-state index contributed by atoms with van der Waals surface area (Å²) in [5, 5.41) is 3.03. The maximum absolute atomic E-state index is 13.1. The van der Waals surface area contributed by atoms with E-state index in [1.807, 2.05) is 102 Å². The first kappa shape index (κ1) is 43.5. The summed E-state index contributed by atoms with van der Waals surface area (Å²) in [5.74, 6) is 0.720. The summed E-state index contributed by atoms with van der Waals surface area (Å²) in [4.78, 5) is 14.1. The lowest BCUT2D eigenvalue weighted by atomic mass is 10.1. The molecular weight excluding hydrogens is 609 g/mol. The van der Waals surface area contributed by atoms with Crippen LogP contribution in [-0.2, 0) is 20.2 Å².